The molecule has 0 aliphatic carbocycles. The van der Waals surface area contributed by atoms with Gasteiger partial charge in [0.25, 0.3) is 5.91 Å². The number of fused-ring (bicyclic) bond motifs is 1. The number of hydrazone groups is 1. The molecule has 2 aromatic carbocycles. The molecule has 2 N–H and O–H groups in total. The number of benzene rings is 2. The number of carbonyl (C=O) groups excluding carboxylic acids is 1. The number of hydrogen-bond acceptors (Lipinski definition) is 7. The van der Waals surface area contributed by atoms with E-state index in [1.54, 1.807) is 17.1 Å². The van der Waals surface area contributed by atoms with Crippen LogP contribution < -0.4 is 10.7 Å². The van der Waals surface area contributed by atoms with E-state index in [2.05, 4.69) is 35.8 Å². The molecule has 1 saturated heterocycles. The molecule has 0 saturated carbocycles. The highest BCUT2D eigenvalue weighted by molar-refractivity contribution is 5.95. The Bertz CT molecular complexity index is 1340. The maximum Gasteiger partial charge on any atom is 0.251 e. The predicted octanol–water partition coefficient (Wildman–Crippen LogP) is 4.81. The van der Waals surface area contributed by atoms with E-state index in [4.69, 9.17) is 0 Å². The lowest BCUT2D eigenvalue weighted by Crippen LogP contribution is -2.28. The lowest BCUT2D eigenvalue weighted by Gasteiger charge is -2.14. The summed E-state index contributed by atoms with van der Waals surface area (Å²) in [5, 5.41) is 12.6. The monoisotopic (exact) mass is 512 g/mol. The average molecular weight is 513 g/mol. The fourth-order valence-electron chi connectivity index (χ4n) is 4.31. The molecule has 3 heterocycles. The number of amides is 1. The van der Waals surface area contributed by atoms with Crippen LogP contribution in [-0.2, 0) is 0 Å². The van der Waals surface area contributed by atoms with E-state index in [9.17, 15) is 4.79 Å². The molecular formula is C29H36N8O. The topological polar surface area (TPSA) is 100 Å². The average Bonchev–Trinajstić information content (AvgIpc) is 3.64. The first-order chi connectivity index (χ1) is 18.7. The van der Waals surface area contributed by atoms with Gasteiger partial charge >= 0.3 is 0 Å². The first-order valence-electron chi connectivity index (χ1n) is 13.3. The van der Waals surface area contributed by atoms with Crippen LogP contribution in [0.3, 0.4) is 0 Å². The highest BCUT2D eigenvalue weighted by atomic mass is 16.1. The van der Waals surface area contributed by atoms with Crippen LogP contribution in [0.25, 0.3) is 16.7 Å². The molecular weight excluding hydrogens is 476 g/mol. The molecule has 0 atom stereocenters. The van der Waals surface area contributed by atoms with E-state index in [-0.39, 0.29) is 5.91 Å². The molecule has 9 heteroatoms. The Balaban J connectivity index is 0.00000164. The lowest BCUT2D eigenvalue weighted by molar-refractivity contribution is 0.0952. The van der Waals surface area contributed by atoms with Crippen molar-refractivity contribution >= 4 is 29.0 Å². The Hall–Kier alpha value is -4.11. The highest BCUT2D eigenvalue weighted by Crippen LogP contribution is 2.21. The maximum absolute atomic E-state index is 12.4. The number of likely N-dealkylation sites (tertiary alicyclic amines) is 1. The van der Waals surface area contributed by atoms with Gasteiger partial charge in [0.2, 0.25) is 0 Å². The number of nitrogens with zero attached hydrogens (tertiary/aromatic N) is 6. The van der Waals surface area contributed by atoms with Gasteiger partial charge in [-0.1, -0.05) is 43.7 Å². The van der Waals surface area contributed by atoms with Gasteiger partial charge < -0.3 is 10.2 Å². The van der Waals surface area contributed by atoms with Crippen LogP contribution in [0.1, 0.15) is 54.6 Å². The smallest absolute Gasteiger partial charge is 0.251 e. The second-order valence-electron chi connectivity index (χ2n) is 9.00. The van der Waals surface area contributed by atoms with E-state index < -0.39 is 0 Å². The molecule has 1 aliphatic rings. The van der Waals surface area contributed by atoms with Gasteiger partial charge in [0.15, 0.2) is 11.5 Å². The summed E-state index contributed by atoms with van der Waals surface area (Å²) in [6.45, 7) is 10.2. The molecule has 38 heavy (non-hydrogen) atoms. The Labute approximate surface area is 224 Å². The van der Waals surface area contributed by atoms with Crippen molar-refractivity contribution < 1.29 is 4.79 Å². The van der Waals surface area contributed by atoms with Gasteiger partial charge in [-0.3, -0.25) is 10.2 Å². The van der Waals surface area contributed by atoms with E-state index in [1.807, 2.05) is 69.3 Å². The number of aryl methyl sites for hydroxylation is 1. The summed E-state index contributed by atoms with van der Waals surface area (Å²) in [4.78, 5) is 23.6. The second kappa shape index (κ2) is 13.4. The van der Waals surface area contributed by atoms with Crippen LogP contribution >= 0.6 is 0 Å². The van der Waals surface area contributed by atoms with E-state index in [1.165, 1.54) is 37.8 Å². The van der Waals surface area contributed by atoms with Gasteiger partial charge in [0, 0.05) is 12.1 Å². The molecule has 0 bridgehead atoms. The Kier molecular flexibility index (Phi) is 9.53. The van der Waals surface area contributed by atoms with Crippen molar-refractivity contribution in [3.05, 3.63) is 77.7 Å². The van der Waals surface area contributed by atoms with Gasteiger partial charge in [-0.25, -0.2) is 14.6 Å². The summed E-state index contributed by atoms with van der Waals surface area (Å²) in [5.74, 6) is 0.520. The van der Waals surface area contributed by atoms with Crippen molar-refractivity contribution in [2.24, 2.45) is 5.10 Å². The molecule has 1 amide bonds. The number of carbonyl (C=O) groups is 1. The van der Waals surface area contributed by atoms with Crippen molar-refractivity contribution in [2.75, 3.05) is 31.6 Å². The summed E-state index contributed by atoms with van der Waals surface area (Å²) >= 11 is 0. The summed E-state index contributed by atoms with van der Waals surface area (Å²) < 4.78 is 1.78. The summed E-state index contributed by atoms with van der Waals surface area (Å²) in [7, 11) is 0. The summed E-state index contributed by atoms with van der Waals surface area (Å²) in [6.07, 6.45) is 8.47. The normalized spacial score (nSPS) is 13.4. The zero-order chi connectivity index (χ0) is 26.7. The summed E-state index contributed by atoms with van der Waals surface area (Å²) in [6, 6.07) is 15.5. The Morgan fingerprint density at radius 1 is 1.03 bits per heavy atom. The van der Waals surface area contributed by atoms with Gasteiger partial charge in [-0.05, 0) is 75.6 Å². The first-order valence-corrected chi connectivity index (χ1v) is 13.3. The zero-order valence-electron chi connectivity index (χ0n) is 22.4. The van der Waals surface area contributed by atoms with Gasteiger partial charge in [0.05, 0.1) is 23.5 Å². The van der Waals surface area contributed by atoms with Gasteiger partial charge in [0.1, 0.15) is 6.33 Å². The Morgan fingerprint density at radius 3 is 2.50 bits per heavy atom. The minimum absolute atomic E-state index is 0.0491. The highest BCUT2D eigenvalue weighted by Gasteiger charge is 2.12. The second-order valence-corrected chi connectivity index (χ2v) is 9.00. The molecule has 198 valence electrons. The molecule has 5 rings (SSSR count). The minimum atomic E-state index is -0.0491. The van der Waals surface area contributed by atoms with Gasteiger partial charge in [-0.15, -0.1) is 0 Å². The van der Waals surface area contributed by atoms with Crippen LogP contribution in [0, 0.1) is 6.92 Å². The fourth-order valence-corrected chi connectivity index (χ4v) is 4.31. The quantitative estimate of drug-likeness (QED) is 0.190. The van der Waals surface area contributed by atoms with Crippen molar-refractivity contribution in [2.45, 2.75) is 40.0 Å². The number of hydrogen-bond donors (Lipinski definition) is 2. The predicted molar refractivity (Wildman–Crippen MR) is 153 cm³/mol. The standard InChI is InChI=1S/C27H30N8O.C2H6/c1-20-5-11-23(12-6-20)35-26-24(18-32-35)25(29-19-30-26)33-31-17-21-7-9-22(10-8-21)27(36)28-13-4-16-34-14-2-3-15-34;1-2/h5-12,17-19H,2-4,13-16H2,1H3,(H,28,36)(H,29,30,33);1-2H3/b31-17+;. The zero-order valence-corrected chi connectivity index (χ0v) is 22.4. The van der Waals surface area contributed by atoms with Gasteiger partial charge in [-0.2, -0.15) is 10.2 Å². The molecule has 1 fully saturated rings. The molecule has 4 aromatic rings. The van der Waals surface area contributed by atoms with Crippen LogP contribution in [0.15, 0.2) is 66.2 Å². The molecule has 0 radical (unpaired) electrons. The van der Waals surface area contributed by atoms with Crippen LogP contribution in [0.5, 0.6) is 0 Å². The fraction of sp³-hybridized carbons (Fsp3) is 0.345. The van der Waals surface area contributed by atoms with Crippen molar-refractivity contribution in [3.8, 4) is 5.69 Å². The third-order valence-corrected chi connectivity index (χ3v) is 6.34. The SMILES string of the molecule is CC.Cc1ccc(-n2ncc3c(N/N=C/c4ccc(C(=O)NCCCN5CCCC5)cc4)ncnc32)cc1. The van der Waals surface area contributed by atoms with E-state index in [0.29, 0.717) is 23.6 Å². The maximum atomic E-state index is 12.4. The van der Waals surface area contributed by atoms with Crippen LogP contribution in [0.4, 0.5) is 5.82 Å². The number of anilines is 1. The molecule has 1 aliphatic heterocycles. The van der Waals surface area contributed by atoms with Crippen molar-refractivity contribution in [1.29, 1.82) is 0 Å². The van der Waals surface area contributed by atoms with E-state index >= 15 is 0 Å². The number of nitrogens with one attached hydrogen (secondary N) is 2. The third-order valence-electron chi connectivity index (χ3n) is 6.34. The number of rotatable bonds is 9. The number of aromatic nitrogens is 4. The van der Waals surface area contributed by atoms with E-state index in [0.717, 1.165) is 29.6 Å². The van der Waals surface area contributed by atoms with Crippen molar-refractivity contribution in [3.63, 3.8) is 0 Å². The first kappa shape index (κ1) is 26.9. The molecule has 2 aromatic heterocycles. The molecule has 0 unspecified atom stereocenters. The van der Waals surface area contributed by atoms with Crippen LogP contribution in [0.2, 0.25) is 0 Å². The van der Waals surface area contributed by atoms with Crippen LogP contribution in [-0.4, -0.2) is 62.9 Å². The third kappa shape index (κ3) is 6.80. The lowest BCUT2D eigenvalue weighted by atomic mass is 10.1. The molecule has 0 spiro atoms. The molecule has 9 nitrogen and oxygen atoms in total. The Morgan fingerprint density at radius 2 is 1.76 bits per heavy atom. The minimum Gasteiger partial charge on any atom is -0.352 e. The van der Waals surface area contributed by atoms with Crippen molar-refractivity contribution in [1.82, 2.24) is 30.0 Å². The summed E-state index contributed by atoms with van der Waals surface area (Å²) in [5.41, 5.74) is 7.31. The largest absolute Gasteiger partial charge is 0.352 e.